The first-order chi connectivity index (χ1) is 12.0. The summed E-state index contributed by atoms with van der Waals surface area (Å²) in [5.41, 5.74) is 0.649. The van der Waals surface area contributed by atoms with Gasteiger partial charge in [-0.25, -0.2) is 0 Å². The van der Waals surface area contributed by atoms with E-state index < -0.39 is 11.4 Å². The van der Waals surface area contributed by atoms with Gasteiger partial charge in [-0.05, 0) is 49.9 Å². The molecule has 0 spiro atoms. The number of hydrogen-bond acceptors (Lipinski definition) is 4. The van der Waals surface area contributed by atoms with Crippen molar-refractivity contribution in [3.8, 4) is 0 Å². The molecule has 1 aliphatic carbocycles. The zero-order valence-electron chi connectivity index (χ0n) is 13.9. The molecule has 1 saturated heterocycles. The number of nitrogens with one attached hydrogen (secondary N) is 2. The quantitative estimate of drug-likeness (QED) is 0.728. The first-order valence-electron chi connectivity index (χ1n) is 8.54. The van der Waals surface area contributed by atoms with E-state index in [2.05, 4.69) is 10.6 Å². The molecule has 3 N–H and O–H groups in total. The largest absolute Gasteiger partial charge is 0.481 e. The van der Waals surface area contributed by atoms with E-state index in [0.717, 1.165) is 25.7 Å². The number of fused-ring (bicyclic) bond motifs is 1. The zero-order chi connectivity index (χ0) is 17.9. The molecule has 0 unspecified atom stereocenters. The Bertz CT molecular complexity index is 661. The van der Waals surface area contributed by atoms with Gasteiger partial charge in [-0.1, -0.05) is 0 Å². The van der Waals surface area contributed by atoms with E-state index in [0.29, 0.717) is 17.9 Å². The van der Waals surface area contributed by atoms with Crippen molar-refractivity contribution in [3.63, 3.8) is 0 Å². The molecule has 2 aliphatic rings. The number of anilines is 1. The summed E-state index contributed by atoms with van der Waals surface area (Å²) >= 11 is 0. The van der Waals surface area contributed by atoms with Crippen molar-refractivity contribution in [3.05, 3.63) is 29.8 Å². The normalized spacial score (nSPS) is 24.6. The topological polar surface area (TPSA) is 105 Å². The third-order valence-electron chi connectivity index (χ3n) is 5.05. The van der Waals surface area contributed by atoms with Crippen LogP contribution in [0, 0.1) is 5.41 Å². The Morgan fingerprint density at radius 1 is 1.20 bits per heavy atom. The van der Waals surface area contributed by atoms with Gasteiger partial charge in [-0.15, -0.1) is 0 Å². The average Bonchev–Trinajstić information content (AvgIpc) is 3.16. The van der Waals surface area contributed by atoms with E-state index in [4.69, 9.17) is 9.84 Å². The SMILES string of the molecule is O=C(O)CCNC(=O)c1ccc(NC(=O)[C@]23CCC[C@H]2OCC3)cc1. The Hall–Kier alpha value is -2.41. The van der Waals surface area contributed by atoms with Crippen molar-refractivity contribution < 1.29 is 24.2 Å². The lowest BCUT2D eigenvalue weighted by molar-refractivity contribution is -0.136. The molecule has 1 aromatic carbocycles. The van der Waals surface area contributed by atoms with Gasteiger partial charge in [-0.3, -0.25) is 14.4 Å². The number of carbonyl (C=O) groups excluding carboxylic acids is 2. The van der Waals surface area contributed by atoms with Gasteiger partial charge in [0.05, 0.1) is 17.9 Å². The second-order valence-corrected chi connectivity index (χ2v) is 6.59. The maximum atomic E-state index is 12.7. The van der Waals surface area contributed by atoms with Crippen molar-refractivity contribution in [2.24, 2.45) is 5.41 Å². The van der Waals surface area contributed by atoms with E-state index in [1.165, 1.54) is 0 Å². The minimum absolute atomic E-state index is 0.00819. The van der Waals surface area contributed by atoms with Crippen molar-refractivity contribution in [2.75, 3.05) is 18.5 Å². The summed E-state index contributed by atoms with van der Waals surface area (Å²) in [5.74, 6) is -1.30. The molecule has 3 rings (SSSR count). The molecule has 1 aromatic rings. The number of amides is 2. The van der Waals surface area contributed by atoms with Gasteiger partial charge in [0.1, 0.15) is 0 Å². The second kappa shape index (κ2) is 7.23. The van der Waals surface area contributed by atoms with Gasteiger partial charge in [0.2, 0.25) is 5.91 Å². The maximum absolute atomic E-state index is 12.7. The molecule has 2 atom stereocenters. The fourth-order valence-electron chi connectivity index (χ4n) is 3.67. The number of ether oxygens (including phenoxy) is 1. The van der Waals surface area contributed by atoms with Crippen LogP contribution in [0.3, 0.4) is 0 Å². The molecule has 1 aliphatic heterocycles. The summed E-state index contributed by atoms with van der Waals surface area (Å²) in [4.78, 5) is 35.1. The van der Waals surface area contributed by atoms with Gasteiger partial charge in [-0.2, -0.15) is 0 Å². The summed E-state index contributed by atoms with van der Waals surface area (Å²) in [6.07, 6.45) is 3.45. The third-order valence-corrected chi connectivity index (χ3v) is 5.05. The second-order valence-electron chi connectivity index (χ2n) is 6.59. The molecule has 0 aromatic heterocycles. The molecule has 1 saturated carbocycles. The van der Waals surface area contributed by atoms with Crippen molar-refractivity contribution >= 4 is 23.5 Å². The summed E-state index contributed by atoms with van der Waals surface area (Å²) in [7, 11) is 0. The molecule has 7 nitrogen and oxygen atoms in total. The Morgan fingerprint density at radius 3 is 2.68 bits per heavy atom. The van der Waals surface area contributed by atoms with E-state index in [1.54, 1.807) is 24.3 Å². The fourth-order valence-corrected chi connectivity index (χ4v) is 3.67. The lowest BCUT2D eigenvalue weighted by Crippen LogP contribution is -2.39. The lowest BCUT2D eigenvalue weighted by Gasteiger charge is -2.26. The number of benzene rings is 1. The fraction of sp³-hybridized carbons (Fsp3) is 0.500. The van der Waals surface area contributed by atoms with Gasteiger partial charge in [0.25, 0.3) is 5.91 Å². The third kappa shape index (κ3) is 3.66. The van der Waals surface area contributed by atoms with E-state index >= 15 is 0 Å². The van der Waals surface area contributed by atoms with Gasteiger partial charge >= 0.3 is 5.97 Å². The van der Waals surface area contributed by atoms with Crippen LogP contribution < -0.4 is 10.6 Å². The molecular weight excluding hydrogens is 324 g/mol. The maximum Gasteiger partial charge on any atom is 0.305 e. The Kier molecular flexibility index (Phi) is 5.03. The monoisotopic (exact) mass is 346 g/mol. The number of carboxylic acids is 1. The molecule has 134 valence electrons. The van der Waals surface area contributed by atoms with E-state index in [-0.39, 0.29) is 30.9 Å². The summed E-state index contributed by atoms with van der Waals surface area (Å²) < 4.78 is 5.69. The highest BCUT2D eigenvalue weighted by molar-refractivity contribution is 5.98. The van der Waals surface area contributed by atoms with Gasteiger partial charge in [0.15, 0.2) is 0 Å². The average molecular weight is 346 g/mol. The Labute approximate surface area is 145 Å². The molecule has 2 fully saturated rings. The number of hydrogen-bond donors (Lipinski definition) is 3. The highest BCUT2D eigenvalue weighted by atomic mass is 16.5. The van der Waals surface area contributed by atoms with Crippen LogP contribution in [0.2, 0.25) is 0 Å². The van der Waals surface area contributed by atoms with E-state index in [1.807, 2.05) is 0 Å². The first kappa shape index (κ1) is 17.4. The number of carboxylic acid groups (broad SMARTS) is 1. The highest BCUT2D eigenvalue weighted by Crippen LogP contribution is 2.48. The Balaban J connectivity index is 1.58. The molecule has 1 heterocycles. The molecule has 0 radical (unpaired) electrons. The van der Waals surface area contributed by atoms with Crippen LogP contribution >= 0.6 is 0 Å². The van der Waals surface area contributed by atoms with Crippen LogP contribution in [0.5, 0.6) is 0 Å². The standard InChI is InChI=1S/C18H22N2O5/c21-15(22)7-10-19-16(23)12-3-5-13(6-4-12)20-17(24)18-8-1-2-14(18)25-11-9-18/h3-6,14H,1-2,7-11H2,(H,19,23)(H,20,24)(H,21,22)/t14-,18+/m1/s1. The van der Waals surface area contributed by atoms with Crippen LogP contribution in [0.1, 0.15) is 42.5 Å². The number of aliphatic carboxylic acids is 1. The minimum Gasteiger partial charge on any atom is -0.481 e. The summed E-state index contributed by atoms with van der Waals surface area (Å²) in [6, 6.07) is 6.59. The van der Waals surface area contributed by atoms with Crippen molar-refractivity contribution in [2.45, 2.75) is 38.2 Å². The van der Waals surface area contributed by atoms with Crippen molar-refractivity contribution in [1.82, 2.24) is 5.32 Å². The summed E-state index contributed by atoms with van der Waals surface area (Å²) in [6.45, 7) is 0.712. The summed E-state index contributed by atoms with van der Waals surface area (Å²) in [5, 5.41) is 14.1. The molecule has 0 bridgehead atoms. The van der Waals surface area contributed by atoms with Crippen molar-refractivity contribution in [1.29, 1.82) is 0 Å². The zero-order valence-corrected chi connectivity index (χ0v) is 13.9. The van der Waals surface area contributed by atoms with Crippen LogP contribution in [0.4, 0.5) is 5.69 Å². The van der Waals surface area contributed by atoms with Crippen LogP contribution in [-0.4, -0.2) is 42.1 Å². The first-order valence-corrected chi connectivity index (χ1v) is 8.54. The predicted molar refractivity (Wildman–Crippen MR) is 90.3 cm³/mol. The predicted octanol–water partition coefficient (Wildman–Crippen LogP) is 1.79. The van der Waals surface area contributed by atoms with E-state index in [9.17, 15) is 14.4 Å². The Morgan fingerprint density at radius 2 is 1.96 bits per heavy atom. The molecular formula is C18H22N2O5. The van der Waals surface area contributed by atoms with Crippen LogP contribution in [-0.2, 0) is 14.3 Å². The number of carbonyl (C=O) groups is 3. The molecule has 7 heteroatoms. The highest BCUT2D eigenvalue weighted by Gasteiger charge is 2.52. The minimum atomic E-state index is -0.959. The lowest BCUT2D eigenvalue weighted by atomic mass is 9.82. The van der Waals surface area contributed by atoms with Gasteiger partial charge in [0, 0.05) is 24.4 Å². The van der Waals surface area contributed by atoms with Gasteiger partial charge < -0.3 is 20.5 Å². The van der Waals surface area contributed by atoms with Crippen LogP contribution in [0.15, 0.2) is 24.3 Å². The number of rotatable bonds is 6. The molecule has 25 heavy (non-hydrogen) atoms. The molecule has 2 amide bonds. The van der Waals surface area contributed by atoms with Crippen LogP contribution in [0.25, 0.3) is 0 Å². The smallest absolute Gasteiger partial charge is 0.305 e.